The van der Waals surface area contributed by atoms with Gasteiger partial charge < -0.3 is 15.3 Å². The van der Waals surface area contributed by atoms with Crippen molar-refractivity contribution in [3.05, 3.63) is 47.3 Å². The van der Waals surface area contributed by atoms with Gasteiger partial charge in [-0.25, -0.2) is 14.8 Å². The molecule has 0 spiro atoms. The molecule has 2 N–H and O–H groups in total. The number of benzene rings is 1. The number of aryl methyl sites for hydroxylation is 2. The van der Waals surface area contributed by atoms with Crippen LogP contribution in [-0.4, -0.2) is 34.8 Å². The van der Waals surface area contributed by atoms with E-state index in [-0.39, 0.29) is 5.92 Å². The zero-order valence-electron chi connectivity index (χ0n) is 14.0. The molecule has 0 saturated heterocycles. The van der Waals surface area contributed by atoms with Crippen molar-refractivity contribution in [2.24, 2.45) is 0 Å². The summed E-state index contributed by atoms with van der Waals surface area (Å²) in [7, 11) is 1.96. The summed E-state index contributed by atoms with van der Waals surface area (Å²) in [6.45, 7) is 2.44. The molecule has 0 fully saturated rings. The Kier molecular flexibility index (Phi) is 4.64. The fourth-order valence-electron chi connectivity index (χ4n) is 3.21. The molecule has 3 rings (SSSR count). The molecule has 0 bridgehead atoms. The van der Waals surface area contributed by atoms with Gasteiger partial charge in [0.2, 0.25) is 5.95 Å². The number of hydrogen-bond donors (Lipinski definition) is 2. The van der Waals surface area contributed by atoms with Crippen molar-refractivity contribution in [2.75, 3.05) is 18.5 Å². The zero-order valence-corrected chi connectivity index (χ0v) is 14.0. The summed E-state index contributed by atoms with van der Waals surface area (Å²) in [5.41, 5.74) is 4.61. The summed E-state index contributed by atoms with van der Waals surface area (Å²) in [6, 6.07) is 6.34. The minimum absolute atomic E-state index is 0.250. The van der Waals surface area contributed by atoms with E-state index in [1.165, 1.54) is 11.1 Å². The first-order chi connectivity index (χ1) is 11.5. The minimum atomic E-state index is -0.963. The molecule has 24 heavy (non-hydrogen) atoms. The number of amides is 1. The Balaban J connectivity index is 1.82. The quantitative estimate of drug-likeness (QED) is 0.902. The van der Waals surface area contributed by atoms with E-state index >= 15 is 0 Å². The SMILES string of the molecule is Cc1cnc(N(C)c2ccc3c(c2)CCC[C@H]3CNC(=O)O)nc1. The number of nitrogens with one attached hydrogen (secondary N) is 1. The number of aromatic nitrogens is 2. The van der Waals surface area contributed by atoms with Gasteiger partial charge in [-0.2, -0.15) is 0 Å². The maximum absolute atomic E-state index is 10.7. The molecule has 0 radical (unpaired) electrons. The van der Waals surface area contributed by atoms with Crippen molar-refractivity contribution in [3.8, 4) is 0 Å². The Labute approximate surface area is 141 Å². The smallest absolute Gasteiger partial charge is 0.404 e. The highest BCUT2D eigenvalue weighted by atomic mass is 16.4. The maximum atomic E-state index is 10.7. The number of nitrogens with zero attached hydrogens (tertiary/aromatic N) is 3. The molecule has 1 aliphatic rings. The van der Waals surface area contributed by atoms with Gasteiger partial charge in [-0.15, -0.1) is 0 Å². The molecule has 6 nitrogen and oxygen atoms in total. The van der Waals surface area contributed by atoms with Crippen LogP contribution in [0.1, 0.15) is 35.4 Å². The third kappa shape index (κ3) is 3.48. The molecule has 126 valence electrons. The summed E-state index contributed by atoms with van der Waals surface area (Å²) >= 11 is 0. The third-order valence-electron chi connectivity index (χ3n) is 4.52. The van der Waals surface area contributed by atoms with E-state index in [2.05, 4.69) is 33.5 Å². The van der Waals surface area contributed by atoms with E-state index in [4.69, 9.17) is 5.11 Å². The van der Waals surface area contributed by atoms with Gasteiger partial charge in [-0.3, -0.25) is 0 Å². The summed E-state index contributed by atoms with van der Waals surface area (Å²) in [5, 5.41) is 11.3. The van der Waals surface area contributed by atoms with Gasteiger partial charge in [0.15, 0.2) is 0 Å². The minimum Gasteiger partial charge on any atom is -0.465 e. The second-order valence-corrected chi connectivity index (χ2v) is 6.28. The fraction of sp³-hybridized carbons (Fsp3) is 0.389. The van der Waals surface area contributed by atoms with Crippen LogP contribution in [0.15, 0.2) is 30.6 Å². The summed E-state index contributed by atoms with van der Waals surface area (Å²) in [6.07, 6.45) is 5.77. The predicted molar refractivity (Wildman–Crippen MR) is 93.0 cm³/mol. The van der Waals surface area contributed by atoms with E-state index in [1.807, 2.05) is 31.3 Å². The van der Waals surface area contributed by atoms with Gasteiger partial charge in [0.05, 0.1) is 0 Å². The van der Waals surface area contributed by atoms with Gasteiger partial charge in [0.1, 0.15) is 0 Å². The average molecular weight is 326 g/mol. The molecular formula is C18H22N4O2. The molecule has 1 heterocycles. The van der Waals surface area contributed by atoms with Crippen molar-refractivity contribution in [3.63, 3.8) is 0 Å². The highest BCUT2D eigenvalue weighted by Crippen LogP contribution is 2.34. The number of rotatable bonds is 4. The Morgan fingerprint density at radius 3 is 2.83 bits per heavy atom. The molecule has 1 amide bonds. The fourth-order valence-corrected chi connectivity index (χ4v) is 3.21. The molecule has 1 aromatic carbocycles. The van der Waals surface area contributed by atoms with Crippen LogP contribution < -0.4 is 10.2 Å². The van der Waals surface area contributed by atoms with Crippen LogP contribution in [-0.2, 0) is 6.42 Å². The number of carboxylic acid groups (broad SMARTS) is 1. The van der Waals surface area contributed by atoms with Gasteiger partial charge in [0.25, 0.3) is 0 Å². The number of fused-ring (bicyclic) bond motifs is 1. The maximum Gasteiger partial charge on any atom is 0.404 e. The molecule has 1 aliphatic carbocycles. The summed E-state index contributed by atoms with van der Waals surface area (Å²) < 4.78 is 0. The average Bonchev–Trinajstić information content (AvgIpc) is 2.59. The predicted octanol–water partition coefficient (Wildman–Crippen LogP) is 3.24. The highest BCUT2D eigenvalue weighted by Gasteiger charge is 2.21. The molecule has 1 aromatic heterocycles. The van der Waals surface area contributed by atoms with E-state index < -0.39 is 6.09 Å². The van der Waals surface area contributed by atoms with Crippen LogP contribution in [0, 0.1) is 6.92 Å². The van der Waals surface area contributed by atoms with Crippen molar-refractivity contribution in [2.45, 2.75) is 32.1 Å². The molecule has 2 aromatic rings. The van der Waals surface area contributed by atoms with E-state index in [9.17, 15) is 4.79 Å². The highest BCUT2D eigenvalue weighted by molar-refractivity contribution is 5.64. The standard InChI is InChI=1S/C18H22N4O2/c1-12-9-19-17(20-10-12)22(2)15-6-7-16-13(8-15)4-3-5-14(16)11-21-18(23)24/h6-10,14,21H,3-5,11H2,1-2H3,(H,23,24)/t14-/m0/s1. The Morgan fingerprint density at radius 2 is 2.12 bits per heavy atom. The van der Waals surface area contributed by atoms with Crippen LogP contribution >= 0.6 is 0 Å². The zero-order chi connectivity index (χ0) is 17.1. The first-order valence-corrected chi connectivity index (χ1v) is 8.16. The van der Waals surface area contributed by atoms with Gasteiger partial charge in [0, 0.05) is 37.6 Å². The van der Waals surface area contributed by atoms with Crippen LogP contribution in [0.5, 0.6) is 0 Å². The van der Waals surface area contributed by atoms with Crippen LogP contribution in [0.25, 0.3) is 0 Å². The number of hydrogen-bond acceptors (Lipinski definition) is 4. The lowest BCUT2D eigenvalue weighted by atomic mass is 9.82. The van der Waals surface area contributed by atoms with Crippen molar-refractivity contribution < 1.29 is 9.90 Å². The molecule has 0 unspecified atom stereocenters. The van der Waals surface area contributed by atoms with E-state index in [0.29, 0.717) is 12.5 Å². The largest absolute Gasteiger partial charge is 0.465 e. The Hall–Kier alpha value is -2.63. The first kappa shape index (κ1) is 16.2. The molecular weight excluding hydrogens is 304 g/mol. The second-order valence-electron chi connectivity index (χ2n) is 6.28. The van der Waals surface area contributed by atoms with E-state index in [1.54, 1.807) is 0 Å². The van der Waals surface area contributed by atoms with Crippen molar-refractivity contribution >= 4 is 17.7 Å². The molecule has 1 atom stereocenters. The van der Waals surface area contributed by atoms with Crippen LogP contribution in [0.2, 0.25) is 0 Å². The van der Waals surface area contributed by atoms with Gasteiger partial charge in [-0.05, 0) is 55.0 Å². The Morgan fingerprint density at radius 1 is 1.38 bits per heavy atom. The Bertz CT molecular complexity index is 730. The molecule has 6 heteroatoms. The van der Waals surface area contributed by atoms with E-state index in [0.717, 1.165) is 30.5 Å². The first-order valence-electron chi connectivity index (χ1n) is 8.16. The number of anilines is 2. The summed E-state index contributed by atoms with van der Waals surface area (Å²) in [5.74, 6) is 0.917. The topological polar surface area (TPSA) is 78.4 Å². The van der Waals surface area contributed by atoms with Crippen molar-refractivity contribution in [1.82, 2.24) is 15.3 Å². The lowest BCUT2D eigenvalue weighted by Crippen LogP contribution is -2.28. The summed E-state index contributed by atoms with van der Waals surface area (Å²) in [4.78, 5) is 21.5. The lowest BCUT2D eigenvalue weighted by Gasteiger charge is -2.27. The monoisotopic (exact) mass is 326 g/mol. The number of carbonyl (C=O) groups is 1. The van der Waals surface area contributed by atoms with Crippen LogP contribution in [0.3, 0.4) is 0 Å². The van der Waals surface area contributed by atoms with Gasteiger partial charge in [-0.1, -0.05) is 6.07 Å². The van der Waals surface area contributed by atoms with Crippen LogP contribution in [0.4, 0.5) is 16.4 Å². The third-order valence-corrected chi connectivity index (χ3v) is 4.52. The molecule has 0 aliphatic heterocycles. The lowest BCUT2D eigenvalue weighted by molar-refractivity contribution is 0.193. The second kappa shape index (κ2) is 6.86. The van der Waals surface area contributed by atoms with Gasteiger partial charge >= 0.3 is 6.09 Å². The normalized spacial score (nSPS) is 16.3. The molecule has 0 saturated carbocycles. The van der Waals surface area contributed by atoms with Crippen molar-refractivity contribution in [1.29, 1.82) is 0 Å².